The molecule has 48 valence electrons. The zero-order valence-corrected chi connectivity index (χ0v) is 5.35. The average molecular weight is 145 g/mol. The largest absolute Gasteiger partial charge is 0.339 e. The first kappa shape index (κ1) is 6.29. The maximum atomic E-state index is 10.00. The molecule has 0 aliphatic heterocycles. The van der Waals surface area contributed by atoms with Gasteiger partial charge in [0.2, 0.25) is 0 Å². The lowest BCUT2D eigenvalue weighted by Crippen LogP contribution is -1.81. The van der Waals surface area contributed by atoms with E-state index in [1.807, 2.05) is 0 Å². The van der Waals surface area contributed by atoms with Gasteiger partial charge in [-0.1, -0.05) is 0 Å². The third-order valence-electron chi connectivity index (χ3n) is 0.904. The molecular weight excluding hydrogens is 140 g/mol. The highest BCUT2D eigenvalue weighted by Crippen LogP contribution is 1.97. The fraction of sp³-hybridized carbons (Fsp3) is 0.200. The molecular formula is C5H5ClN2O. The van der Waals surface area contributed by atoms with Crippen LogP contribution in [0.4, 0.5) is 0 Å². The number of aromatic nitrogens is 2. The Morgan fingerprint density at radius 2 is 2.67 bits per heavy atom. The van der Waals surface area contributed by atoms with Crippen LogP contribution < -0.4 is 0 Å². The fourth-order valence-electron chi connectivity index (χ4n) is 0.504. The van der Waals surface area contributed by atoms with Crippen LogP contribution in [0.25, 0.3) is 0 Å². The molecule has 0 saturated heterocycles. The lowest BCUT2D eigenvalue weighted by atomic mass is 10.6. The Balaban J connectivity index is 2.86. The molecule has 0 unspecified atom stereocenters. The van der Waals surface area contributed by atoms with Gasteiger partial charge in [0.05, 0.1) is 5.88 Å². The number of alkyl halides is 1. The van der Waals surface area contributed by atoms with Gasteiger partial charge >= 0.3 is 0 Å². The first-order valence-electron chi connectivity index (χ1n) is 2.42. The fourth-order valence-corrected chi connectivity index (χ4v) is 0.640. The lowest BCUT2D eigenvalue weighted by Gasteiger charge is -1.80. The molecule has 0 radical (unpaired) electrons. The minimum absolute atomic E-state index is 0.325. The molecule has 9 heavy (non-hydrogen) atoms. The molecule has 0 amide bonds. The van der Waals surface area contributed by atoms with Crippen molar-refractivity contribution in [3.05, 3.63) is 17.7 Å². The van der Waals surface area contributed by atoms with E-state index in [9.17, 15) is 4.79 Å². The Kier molecular flexibility index (Phi) is 1.85. The van der Waals surface area contributed by atoms with Crippen molar-refractivity contribution < 1.29 is 4.79 Å². The van der Waals surface area contributed by atoms with Crippen molar-refractivity contribution in [2.24, 2.45) is 0 Å². The Bertz CT molecular complexity index is 208. The Morgan fingerprint density at radius 1 is 1.89 bits per heavy atom. The van der Waals surface area contributed by atoms with Gasteiger partial charge in [-0.25, -0.2) is 4.98 Å². The zero-order chi connectivity index (χ0) is 6.69. The number of rotatable bonds is 2. The molecule has 0 aliphatic rings. The summed E-state index contributed by atoms with van der Waals surface area (Å²) in [5.74, 6) is 0.687. The van der Waals surface area contributed by atoms with E-state index >= 15 is 0 Å². The number of aromatic amines is 1. The maximum absolute atomic E-state index is 10.00. The molecule has 1 aromatic heterocycles. The monoisotopic (exact) mass is 144 g/mol. The summed E-state index contributed by atoms with van der Waals surface area (Å²) >= 11 is 5.41. The normalized spacial score (nSPS) is 9.44. The summed E-state index contributed by atoms with van der Waals surface area (Å²) in [5.41, 5.74) is 0.763. The second-order valence-corrected chi connectivity index (χ2v) is 1.81. The second kappa shape index (κ2) is 2.64. The highest BCUT2D eigenvalue weighted by molar-refractivity contribution is 6.16. The maximum Gasteiger partial charge on any atom is 0.185 e. The van der Waals surface area contributed by atoms with Crippen LogP contribution in [-0.4, -0.2) is 16.3 Å². The number of hydrogen-bond acceptors (Lipinski definition) is 2. The number of nitrogens with one attached hydrogen (secondary N) is 1. The number of aldehydes is 1. The van der Waals surface area contributed by atoms with E-state index in [0.29, 0.717) is 18.0 Å². The van der Waals surface area contributed by atoms with Crippen LogP contribution in [0.5, 0.6) is 0 Å². The third-order valence-corrected chi connectivity index (χ3v) is 1.19. The van der Waals surface area contributed by atoms with Gasteiger partial charge in [-0.05, 0) is 0 Å². The number of H-pyrrole nitrogens is 1. The molecule has 0 bridgehead atoms. The van der Waals surface area contributed by atoms with Crippen LogP contribution in [-0.2, 0) is 5.88 Å². The van der Waals surface area contributed by atoms with Gasteiger partial charge < -0.3 is 4.98 Å². The Morgan fingerprint density at radius 3 is 3.00 bits per heavy atom. The van der Waals surface area contributed by atoms with Crippen molar-refractivity contribution in [3.63, 3.8) is 0 Å². The van der Waals surface area contributed by atoms with Crippen molar-refractivity contribution in [2.45, 2.75) is 5.88 Å². The highest BCUT2D eigenvalue weighted by atomic mass is 35.5. The van der Waals surface area contributed by atoms with Crippen molar-refractivity contribution >= 4 is 17.9 Å². The number of nitrogens with zero attached hydrogens (tertiary/aromatic N) is 1. The summed E-state index contributed by atoms with van der Waals surface area (Å²) in [4.78, 5) is 16.4. The summed E-state index contributed by atoms with van der Waals surface area (Å²) in [6.45, 7) is 0. The molecule has 0 spiro atoms. The third kappa shape index (κ3) is 1.29. The van der Waals surface area contributed by atoms with Gasteiger partial charge in [0.1, 0.15) is 0 Å². The van der Waals surface area contributed by atoms with Crippen LogP contribution >= 0.6 is 11.6 Å². The number of hydrogen-bond donors (Lipinski definition) is 1. The molecule has 0 aliphatic carbocycles. The van der Waals surface area contributed by atoms with E-state index in [-0.39, 0.29) is 0 Å². The molecule has 1 N–H and O–H groups in total. The predicted octanol–water partition coefficient (Wildman–Crippen LogP) is 0.961. The molecule has 0 saturated carbocycles. The van der Waals surface area contributed by atoms with Crippen LogP contribution in [0.15, 0.2) is 6.20 Å². The van der Waals surface area contributed by atoms with Gasteiger partial charge in [0, 0.05) is 11.9 Å². The summed E-state index contributed by atoms with van der Waals surface area (Å²) in [6.07, 6.45) is 2.19. The summed E-state index contributed by atoms with van der Waals surface area (Å²) in [7, 11) is 0. The number of carbonyl (C=O) groups excluding carboxylic acids is 1. The van der Waals surface area contributed by atoms with Gasteiger partial charge in [0.15, 0.2) is 12.1 Å². The van der Waals surface area contributed by atoms with Gasteiger partial charge in [-0.2, -0.15) is 0 Å². The smallest absolute Gasteiger partial charge is 0.185 e. The minimum Gasteiger partial charge on any atom is -0.339 e. The van der Waals surface area contributed by atoms with Crippen LogP contribution in [0.2, 0.25) is 0 Å². The number of carbonyl (C=O) groups is 1. The highest BCUT2D eigenvalue weighted by Gasteiger charge is 1.94. The molecule has 1 rings (SSSR count). The van der Waals surface area contributed by atoms with E-state index in [1.165, 1.54) is 6.20 Å². The average Bonchev–Trinajstić information content (AvgIpc) is 2.34. The van der Waals surface area contributed by atoms with Crippen molar-refractivity contribution in [2.75, 3.05) is 0 Å². The zero-order valence-electron chi connectivity index (χ0n) is 4.60. The van der Waals surface area contributed by atoms with E-state index in [0.717, 1.165) is 5.69 Å². The second-order valence-electron chi connectivity index (χ2n) is 1.55. The topological polar surface area (TPSA) is 45.8 Å². The molecule has 1 aromatic rings. The van der Waals surface area contributed by atoms with E-state index in [1.54, 1.807) is 0 Å². The quantitative estimate of drug-likeness (QED) is 0.497. The predicted molar refractivity (Wildman–Crippen MR) is 33.5 cm³/mol. The molecule has 4 heteroatoms. The molecule has 0 fully saturated rings. The standard InChI is InChI=1S/C5H5ClN2O/c6-1-4-2-7-5(3-9)8-4/h2-3H,1H2,(H,7,8). The van der Waals surface area contributed by atoms with Gasteiger partial charge in [-0.3, -0.25) is 4.79 Å². The molecule has 0 atom stereocenters. The van der Waals surface area contributed by atoms with Crippen LogP contribution in [0.1, 0.15) is 16.3 Å². The van der Waals surface area contributed by atoms with Crippen LogP contribution in [0, 0.1) is 0 Å². The van der Waals surface area contributed by atoms with Gasteiger partial charge in [0.25, 0.3) is 0 Å². The minimum atomic E-state index is 0.325. The Labute approximate surface area is 57.1 Å². The van der Waals surface area contributed by atoms with E-state index in [4.69, 9.17) is 11.6 Å². The van der Waals surface area contributed by atoms with Crippen molar-refractivity contribution in [1.29, 1.82) is 0 Å². The first-order chi connectivity index (χ1) is 4.36. The molecule has 0 aromatic carbocycles. The first-order valence-corrected chi connectivity index (χ1v) is 2.95. The van der Waals surface area contributed by atoms with Gasteiger partial charge in [-0.15, -0.1) is 11.6 Å². The SMILES string of the molecule is O=Cc1ncc(CCl)[nH]1. The number of halogens is 1. The summed E-state index contributed by atoms with van der Waals surface area (Å²) < 4.78 is 0. The molecule has 1 heterocycles. The van der Waals surface area contributed by atoms with Crippen molar-refractivity contribution in [1.82, 2.24) is 9.97 Å². The molecule has 3 nitrogen and oxygen atoms in total. The van der Waals surface area contributed by atoms with Crippen molar-refractivity contribution in [3.8, 4) is 0 Å². The Hall–Kier alpha value is -0.830. The lowest BCUT2D eigenvalue weighted by molar-refractivity contribution is 0.111. The number of imidazole rings is 1. The van der Waals surface area contributed by atoms with E-state index in [2.05, 4.69) is 9.97 Å². The summed E-state index contributed by atoms with van der Waals surface area (Å²) in [6, 6.07) is 0. The summed E-state index contributed by atoms with van der Waals surface area (Å²) in [5, 5.41) is 0. The van der Waals surface area contributed by atoms with Crippen LogP contribution in [0.3, 0.4) is 0 Å². The van der Waals surface area contributed by atoms with E-state index < -0.39 is 0 Å².